The van der Waals surface area contributed by atoms with E-state index in [1.54, 1.807) is 19.1 Å². The van der Waals surface area contributed by atoms with Crippen LogP contribution in [0.1, 0.15) is 18.1 Å². The first-order valence-electron chi connectivity index (χ1n) is 8.24. The summed E-state index contributed by atoms with van der Waals surface area (Å²) in [6.45, 7) is 2.54. The highest BCUT2D eigenvalue weighted by molar-refractivity contribution is 6.16. The number of hydrogen-bond acceptors (Lipinski definition) is 4. The molecule has 26 heavy (non-hydrogen) atoms. The Morgan fingerprint density at radius 3 is 2.65 bits per heavy atom. The van der Waals surface area contributed by atoms with E-state index in [9.17, 15) is 14.9 Å². The van der Waals surface area contributed by atoms with Crippen LogP contribution in [0, 0.1) is 10.1 Å². The average Bonchev–Trinajstić information content (AvgIpc) is 3.02. The van der Waals surface area contributed by atoms with Crippen LogP contribution in [0.2, 0.25) is 0 Å². The molecule has 3 aromatic rings. The lowest BCUT2D eigenvalue weighted by Gasteiger charge is -2.08. The van der Waals surface area contributed by atoms with Crippen molar-refractivity contribution in [1.29, 1.82) is 0 Å². The van der Waals surface area contributed by atoms with E-state index in [4.69, 9.17) is 4.74 Å². The van der Waals surface area contributed by atoms with Crippen molar-refractivity contribution in [2.24, 2.45) is 0 Å². The van der Waals surface area contributed by atoms with E-state index in [2.05, 4.69) is 16.7 Å². The SMILES string of the molecule is CCOC(=O)/C(=C\[N+](=O)[O-])c1ccc2c(ccn2Cc2ccccc2)c1. The monoisotopic (exact) mass is 350 g/mol. The van der Waals surface area contributed by atoms with Crippen LogP contribution >= 0.6 is 0 Å². The van der Waals surface area contributed by atoms with Crippen molar-refractivity contribution in [1.82, 2.24) is 4.57 Å². The van der Waals surface area contributed by atoms with Crippen LogP contribution in [0.4, 0.5) is 0 Å². The van der Waals surface area contributed by atoms with Crippen molar-refractivity contribution < 1.29 is 14.5 Å². The standard InChI is InChI=1S/C20H18N2O4/c1-2-26-20(23)18(14-22(24)25)16-8-9-19-17(12-16)10-11-21(19)13-15-6-4-3-5-7-15/h3-12,14H,2,13H2,1H3/b18-14-. The lowest BCUT2D eigenvalue weighted by Crippen LogP contribution is -2.08. The molecular weight excluding hydrogens is 332 g/mol. The first kappa shape index (κ1) is 17.4. The third kappa shape index (κ3) is 3.80. The Balaban J connectivity index is 1.96. The fourth-order valence-electron chi connectivity index (χ4n) is 2.85. The summed E-state index contributed by atoms with van der Waals surface area (Å²) in [5, 5.41) is 11.8. The minimum absolute atomic E-state index is 0.0606. The molecule has 0 aliphatic heterocycles. The molecule has 0 saturated carbocycles. The highest BCUT2D eigenvalue weighted by atomic mass is 16.6. The Hall–Kier alpha value is -3.41. The number of esters is 1. The van der Waals surface area contributed by atoms with Crippen LogP contribution in [0.15, 0.2) is 67.0 Å². The Bertz CT molecular complexity index is 974. The second-order valence-electron chi connectivity index (χ2n) is 5.75. The predicted molar refractivity (Wildman–Crippen MR) is 99.1 cm³/mol. The number of nitrogens with zero attached hydrogens (tertiary/aromatic N) is 2. The minimum Gasteiger partial charge on any atom is -0.462 e. The highest BCUT2D eigenvalue weighted by Gasteiger charge is 2.18. The number of carbonyl (C=O) groups is 1. The molecule has 2 aromatic carbocycles. The summed E-state index contributed by atoms with van der Waals surface area (Å²) >= 11 is 0. The maximum atomic E-state index is 12.1. The lowest BCUT2D eigenvalue weighted by atomic mass is 10.0. The Morgan fingerprint density at radius 2 is 1.96 bits per heavy atom. The van der Waals surface area contributed by atoms with Crippen molar-refractivity contribution in [2.45, 2.75) is 13.5 Å². The number of hydrogen-bond donors (Lipinski definition) is 0. The van der Waals surface area contributed by atoms with Gasteiger partial charge in [0.15, 0.2) is 0 Å². The number of benzene rings is 2. The van der Waals surface area contributed by atoms with E-state index in [0.717, 1.165) is 17.4 Å². The number of rotatable bonds is 6. The average molecular weight is 350 g/mol. The minimum atomic E-state index is -0.702. The van der Waals surface area contributed by atoms with Gasteiger partial charge in [-0.3, -0.25) is 10.1 Å². The summed E-state index contributed by atoms with van der Waals surface area (Å²) in [5.74, 6) is -0.702. The van der Waals surface area contributed by atoms with Crippen molar-refractivity contribution in [3.05, 3.63) is 88.2 Å². The molecule has 0 spiro atoms. The molecule has 0 atom stereocenters. The predicted octanol–water partition coefficient (Wildman–Crippen LogP) is 3.87. The number of fused-ring (bicyclic) bond motifs is 1. The summed E-state index contributed by atoms with van der Waals surface area (Å²) in [7, 11) is 0. The van der Waals surface area contributed by atoms with Gasteiger partial charge in [-0.2, -0.15) is 0 Å². The Morgan fingerprint density at radius 1 is 1.19 bits per heavy atom. The summed E-state index contributed by atoms with van der Waals surface area (Å²) in [5.41, 5.74) is 2.57. The van der Waals surface area contributed by atoms with Gasteiger partial charge in [0.2, 0.25) is 6.20 Å². The molecular formula is C20H18N2O4. The Labute approximate surface area is 150 Å². The van der Waals surface area contributed by atoms with E-state index in [1.165, 1.54) is 5.56 Å². The Kier molecular flexibility index (Phi) is 5.12. The molecule has 1 heterocycles. The van der Waals surface area contributed by atoms with Crippen LogP contribution < -0.4 is 0 Å². The second kappa shape index (κ2) is 7.65. The molecule has 0 fully saturated rings. The lowest BCUT2D eigenvalue weighted by molar-refractivity contribution is -0.401. The van der Waals surface area contributed by atoms with E-state index in [1.807, 2.05) is 36.5 Å². The van der Waals surface area contributed by atoms with Crippen molar-refractivity contribution >= 4 is 22.4 Å². The zero-order valence-electron chi connectivity index (χ0n) is 14.3. The quantitative estimate of drug-likeness (QED) is 0.293. The third-order valence-electron chi connectivity index (χ3n) is 4.01. The molecule has 0 saturated heterocycles. The fraction of sp³-hybridized carbons (Fsp3) is 0.150. The number of aromatic nitrogens is 1. The van der Waals surface area contributed by atoms with Gasteiger partial charge in [-0.15, -0.1) is 0 Å². The molecule has 0 aliphatic carbocycles. The second-order valence-corrected chi connectivity index (χ2v) is 5.75. The molecule has 1 aromatic heterocycles. The van der Waals surface area contributed by atoms with Crippen LogP contribution in [0.25, 0.3) is 16.5 Å². The van der Waals surface area contributed by atoms with Gasteiger partial charge in [-0.1, -0.05) is 36.4 Å². The van der Waals surface area contributed by atoms with Gasteiger partial charge in [0, 0.05) is 23.6 Å². The van der Waals surface area contributed by atoms with Gasteiger partial charge in [0.1, 0.15) is 5.57 Å². The smallest absolute Gasteiger partial charge is 0.345 e. The molecule has 3 rings (SSSR count). The van der Waals surface area contributed by atoms with E-state index in [0.29, 0.717) is 11.8 Å². The van der Waals surface area contributed by atoms with Gasteiger partial charge >= 0.3 is 5.97 Å². The maximum Gasteiger partial charge on any atom is 0.345 e. The summed E-state index contributed by atoms with van der Waals surface area (Å²) in [6.07, 6.45) is 2.66. The van der Waals surface area contributed by atoms with Gasteiger partial charge in [-0.25, -0.2) is 4.79 Å². The highest BCUT2D eigenvalue weighted by Crippen LogP contribution is 2.24. The van der Waals surface area contributed by atoms with E-state index >= 15 is 0 Å². The molecule has 132 valence electrons. The van der Waals surface area contributed by atoms with Crippen LogP contribution in [-0.4, -0.2) is 22.1 Å². The first-order valence-corrected chi connectivity index (χ1v) is 8.24. The molecule has 0 aliphatic rings. The van der Waals surface area contributed by atoms with Gasteiger partial charge < -0.3 is 9.30 Å². The summed E-state index contributed by atoms with van der Waals surface area (Å²) in [6, 6.07) is 17.3. The van der Waals surface area contributed by atoms with Crippen LogP contribution in [0.5, 0.6) is 0 Å². The largest absolute Gasteiger partial charge is 0.462 e. The fourth-order valence-corrected chi connectivity index (χ4v) is 2.85. The first-order chi connectivity index (χ1) is 12.6. The molecule has 6 nitrogen and oxygen atoms in total. The number of ether oxygens (including phenoxy) is 1. The molecule has 0 bridgehead atoms. The molecule has 0 radical (unpaired) electrons. The van der Waals surface area contributed by atoms with Crippen molar-refractivity contribution in [3.63, 3.8) is 0 Å². The molecule has 0 unspecified atom stereocenters. The molecule has 0 N–H and O–H groups in total. The van der Waals surface area contributed by atoms with Crippen LogP contribution in [-0.2, 0) is 16.1 Å². The number of carbonyl (C=O) groups excluding carboxylic acids is 1. The topological polar surface area (TPSA) is 74.4 Å². The number of nitro groups is 1. The van der Waals surface area contributed by atoms with Crippen molar-refractivity contribution in [2.75, 3.05) is 6.61 Å². The maximum absolute atomic E-state index is 12.1. The van der Waals surface area contributed by atoms with Gasteiger partial charge in [0.05, 0.1) is 11.5 Å². The van der Waals surface area contributed by atoms with Gasteiger partial charge in [-0.05, 0) is 36.2 Å². The van der Waals surface area contributed by atoms with Gasteiger partial charge in [0.25, 0.3) is 0 Å². The molecule has 0 amide bonds. The zero-order chi connectivity index (χ0) is 18.5. The zero-order valence-corrected chi connectivity index (χ0v) is 14.3. The van der Waals surface area contributed by atoms with E-state index < -0.39 is 10.9 Å². The third-order valence-corrected chi connectivity index (χ3v) is 4.01. The summed E-state index contributed by atoms with van der Waals surface area (Å²) < 4.78 is 7.03. The summed E-state index contributed by atoms with van der Waals surface area (Å²) in [4.78, 5) is 22.3. The molecule has 6 heteroatoms. The normalized spacial score (nSPS) is 11.5. The van der Waals surface area contributed by atoms with E-state index in [-0.39, 0.29) is 12.2 Å². The van der Waals surface area contributed by atoms with Crippen molar-refractivity contribution in [3.8, 4) is 0 Å². The van der Waals surface area contributed by atoms with Crippen LogP contribution in [0.3, 0.4) is 0 Å².